The van der Waals surface area contributed by atoms with Gasteiger partial charge in [0, 0.05) is 0 Å². The summed E-state index contributed by atoms with van der Waals surface area (Å²) < 4.78 is 16.2. The molecule has 0 aliphatic heterocycles. The Kier molecular flexibility index (Phi) is 5.33. The Morgan fingerprint density at radius 3 is 1.95 bits per heavy atom. The van der Waals surface area contributed by atoms with Crippen molar-refractivity contribution in [3.8, 4) is 17.2 Å². The second-order valence-corrected chi connectivity index (χ2v) is 6.15. The van der Waals surface area contributed by atoms with Gasteiger partial charge in [-0.25, -0.2) is 0 Å². The summed E-state index contributed by atoms with van der Waals surface area (Å²) in [5.41, 5.74) is 0.414. The monoisotopic (exact) mass is 306 g/mol. The third kappa shape index (κ3) is 2.92. The first-order chi connectivity index (χ1) is 10.6. The molecule has 1 aromatic carbocycles. The zero-order valence-electron chi connectivity index (χ0n) is 14.0. The van der Waals surface area contributed by atoms with Gasteiger partial charge < -0.3 is 19.0 Å². The number of ether oxygens (including phenoxy) is 3. The van der Waals surface area contributed by atoms with E-state index in [4.69, 9.17) is 14.2 Å². The van der Waals surface area contributed by atoms with Gasteiger partial charge in [-0.3, -0.25) is 0 Å². The Balaban J connectivity index is 2.50. The van der Waals surface area contributed by atoms with Gasteiger partial charge in [-0.2, -0.15) is 0 Å². The number of benzene rings is 1. The van der Waals surface area contributed by atoms with Crippen molar-refractivity contribution in [3.63, 3.8) is 0 Å². The molecule has 2 rings (SSSR count). The Labute approximate surface area is 132 Å². The first-order valence-corrected chi connectivity index (χ1v) is 7.87. The molecule has 22 heavy (non-hydrogen) atoms. The maximum Gasteiger partial charge on any atom is 0.203 e. The van der Waals surface area contributed by atoms with E-state index in [0.29, 0.717) is 23.2 Å². The van der Waals surface area contributed by atoms with Gasteiger partial charge in [-0.1, -0.05) is 19.3 Å². The van der Waals surface area contributed by atoms with E-state index in [0.717, 1.165) is 24.7 Å². The van der Waals surface area contributed by atoms with E-state index in [1.165, 1.54) is 19.3 Å². The molecule has 0 aromatic heterocycles. The molecule has 122 valence electrons. The van der Waals surface area contributed by atoms with Crippen molar-refractivity contribution in [3.05, 3.63) is 17.7 Å². The van der Waals surface area contributed by atoms with E-state index in [-0.39, 0.29) is 0 Å². The SMILES string of the molecule is COc1cc([C@@](C)(C=O)C2CCCCC2)cc(OC)c1OC. The predicted molar refractivity (Wildman–Crippen MR) is 86.1 cm³/mol. The minimum Gasteiger partial charge on any atom is -0.493 e. The minimum absolute atomic E-state index is 0.363. The van der Waals surface area contributed by atoms with Gasteiger partial charge in [0.05, 0.1) is 26.7 Å². The number of carbonyl (C=O) groups excluding carboxylic acids is 1. The summed E-state index contributed by atoms with van der Waals surface area (Å²) in [5.74, 6) is 2.12. The molecule has 0 amide bonds. The molecule has 1 fully saturated rings. The zero-order chi connectivity index (χ0) is 16.2. The highest BCUT2D eigenvalue weighted by Crippen LogP contribution is 2.45. The average molecular weight is 306 g/mol. The molecule has 1 aliphatic rings. The highest BCUT2D eigenvalue weighted by Gasteiger charge is 2.37. The molecule has 1 aromatic rings. The van der Waals surface area contributed by atoms with Crippen molar-refractivity contribution in [1.29, 1.82) is 0 Å². The lowest BCUT2D eigenvalue weighted by molar-refractivity contribution is -0.114. The Morgan fingerprint density at radius 2 is 1.55 bits per heavy atom. The second kappa shape index (κ2) is 7.03. The molecule has 4 nitrogen and oxygen atoms in total. The van der Waals surface area contributed by atoms with Crippen molar-refractivity contribution < 1.29 is 19.0 Å². The molecule has 4 heteroatoms. The molecule has 1 aliphatic carbocycles. The number of carbonyl (C=O) groups is 1. The van der Waals surface area contributed by atoms with Gasteiger partial charge in [0.15, 0.2) is 11.5 Å². The summed E-state index contributed by atoms with van der Waals surface area (Å²) in [5, 5.41) is 0. The van der Waals surface area contributed by atoms with E-state index in [1.807, 2.05) is 19.1 Å². The van der Waals surface area contributed by atoms with Crippen LogP contribution < -0.4 is 14.2 Å². The molecule has 0 N–H and O–H groups in total. The van der Waals surface area contributed by atoms with Crippen LogP contribution in [0.1, 0.15) is 44.6 Å². The topological polar surface area (TPSA) is 44.8 Å². The van der Waals surface area contributed by atoms with E-state index >= 15 is 0 Å². The van der Waals surface area contributed by atoms with Crippen LogP contribution in [0.4, 0.5) is 0 Å². The first kappa shape index (κ1) is 16.7. The summed E-state index contributed by atoms with van der Waals surface area (Å²) in [7, 11) is 4.78. The summed E-state index contributed by atoms with van der Waals surface area (Å²) in [6, 6.07) is 3.81. The van der Waals surface area contributed by atoms with Gasteiger partial charge in [0.2, 0.25) is 5.75 Å². The number of methoxy groups -OCH3 is 3. The van der Waals surface area contributed by atoms with Crippen molar-refractivity contribution in [1.82, 2.24) is 0 Å². The second-order valence-electron chi connectivity index (χ2n) is 6.15. The summed E-state index contributed by atoms with van der Waals surface area (Å²) in [6.45, 7) is 2.02. The highest BCUT2D eigenvalue weighted by atomic mass is 16.5. The van der Waals surface area contributed by atoms with Gasteiger partial charge in [-0.15, -0.1) is 0 Å². The predicted octanol–water partition coefficient (Wildman–Crippen LogP) is 3.75. The fourth-order valence-corrected chi connectivity index (χ4v) is 3.49. The van der Waals surface area contributed by atoms with E-state index in [9.17, 15) is 4.79 Å². The molecular weight excluding hydrogens is 280 g/mol. The van der Waals surface area contributed by atoms with Gasteiger partial charge in [-0.05, 0) is 43.4 Å². The Hall–Kier alpha value is -1.71. The van der Waals surface area contributed by atoms with Gasteiger partial charge in [0.1, 0.15) is 6.29 Å². The third-order valence-corrected chi connectivity index (χ3v) is 4.98. The van der Waals surface area contributed by atoms with Crippen LogP contribution in [0, 0.1) is 5.92 Å². The van der Waals surface area contributed by atoms with Gasteiger partial charge >= 0.3 is 0 Å². The van der Waals surface area contributed by atoms with Crippen LogP contribution in [0.2, 0.25) is 0 Å². The molecule has 1 saturated carbocycles. The molecule has 0 spiro atoms. The summed E-state index contributed by atoms with van der Waals surface area (Å²) >= 11 is 0. The third-order valence-electron chi connectivity index (χ3n) is 4.98. The molecular formula is C18H26O4. The summed E-state index contributed by atoms with van der Waals surface area (Å²) in [6.07, 6.45) is 6.92. The van der Waals surface area contributed by atoms with Crippen molar-refractivity contribution >= 4 is 6.29 Å². The van der Waals surface area contributed by atoms with Crippen molar-refractivity contribution in [2.24, 2.45) is 5.92 Å². The number of hydrogen-bond acceptors (Lipinski definition) is 4. The van der Waals surface area contributed by atoms with Crippen LogP contribution >= 0.6 is 0 Å². The van der Waals surface area contributed by atoms with Crippen LogP contribution in [0.5, 0.6) is 17.2 Å². The number of rotatable bonds is 6. The van der Waals surface area contributed by atoms with Crippen LogP contribution in [-0.2, 0) is 10.2 Å². The fourth-order valence-electron chi connectivity index (χ4n) is 3.49. The maximum atomic E-state index is 12.0. The van der Waals surface area contributed by atoms with Gasteiger partial charge in [0.25, 0.3) is 0 Å². The minimum atomic E-state index is -0.521. The Bertz CT molecular complexity index is 495. The highest BCUT2D eigenvalue weighted by molar-refractivity contribution is 5.71. The van der Waals surface area contributed by atoms with Crippen LogP contribution in [0.3, 0.4) is 0 Å². The molecule has 0 unspecified atom stereocenters. The lowest BCUT2D eigenvalue weighted by atomic mass is 9.67. The molecule has 0 bridgehead atoms. The lowest BCUT2D eigenvalue weighted by Crippen LogP contribution is -2.35. The van der Waals surface area contributed by atoms with Crippen LogP contribution in [-0.4, -0.2) is 27.6 Å². The maximum absolute atomic E-state index is 12.0. The van der Waals surface area contributed by atoms with Crippen molar-refractivity contribution in [2.75, 3.05) is 21.3 Å². The van der Waals surface area contributed by atoms with E-state index in [1.54, 1.807) is 21.3 Å². The zero-order valence-corrected chi connectivity index (χ0v) is 14.0. The lowest BCUT2D eigenvalue weighted by Gasteiger charge is -2.36. The van der Waals surface area contributed by atoms with Crippen molar-refractivity contribution in [2.45, 2.75) is 44.4 Å². The molecule has 0 heterocycles. The normalized spacial score (nSPS) is 18.4. The van der Waals surface area contributed by atoms with Crippen LogP contribution in [0.25, 0.3) is 0 Å². The van der Waals surface area contributed by atoms with E-state index < -0.39 is 5.41 Å². The molecule has 0 radical (unpaired) electrons. The quantitative estimate of drug-likeness (QED) is 0.751. The molecule has 1 atom stereocenters. The number of hydrogen-bond donors (Lipinski definition) is 0. The van der Waals surface area contributed by atoms with Crippen LogP contribution in [0.15, 0.2) is 12.1 Å². The largest absolute Gasteiger partial charge is 0.493 e. The standard InChI is InChI=1S/C18H26O4/c1-18(12-19,13-8-6-5-7-9-13)14-10-15(20-2)17(22-4)16(11-14)21-3/h10-13H,5-9H2,1-4H3/t18-/m0/s1. The molecule has 0 saturated heterocycles. The average Bonchev–Trinajstić information content (AvgIpc) is 2.60. The van der Waals surface area contributed by atoms with E-state index in [2.05, 4.69) is 0 Å². The fraction of sp³-hybridized carbons (Fsp3) is 0.611. The smallest absolute Gasteiger partial charge is 0.203 e. The summed E-state index contributed by atoms with van der Waals surface area (Å²) in [4.78, 5) is 12.0. The number of aldehydes is 1. The Morgan fingerprint density at radius 1 is 1.00 bits per heavy atom. The first-order valence-electron chi connectivity index (χ1n) is 7.87.